The first kappa shape index (κ1) is 13.0. The van der Waals surface area contributed by atoms with Gasteiger partial charge >= 0.3 is 0 Å². The van der Waals surface area contributed by atoms with Crippen LogP contribution in [0.15, 0.2) is 30.5 Å². The van der Waals surface area contributed by atoms with E-state index in [1.54, 1.807) is 6.07 Å². The number of anilines is 2. The van der Waals surface area contributed by atoms with Gasteiger partial charge in [-0.25, -0.2) is 4.98 Å². The van der Waals surface area contributed by atoms with Gasteiger partial charge in [-0.3, -0.25) is 9.59 Å². The minimum Gasteiger partial charge on any atom is -0.322 e. The topological polar surface area (TPSA) is 83.1 Å². The van der Waals surface area contributed by atoms with Crippen molar-refractivity contribution in [1.82, 2.24) is 10.3 Å². The highest BCUT2D eigenvalue weighted by atomic mass is 16.2. The van der Waals surface area contributed by atoms with Crippen LogP contribution >= 0.6 is 0 Å². The molecule has 2 aliphatic heterocycles. The molecule has 3 heterocycles. The molecule has 3 N–H and O–H groups in total. The summed E-state index contributed by atoms with van der Waals surface area (Å²) in [5.41, 5.74) is 4.37. The molecule has 0 bridgehead atoms. The lowest BCUT2D eigenvalue weighted by molar-refractivity contribution is -0.115. The minimum atomic E-state index is -0.221. The second-order valence-corrected chi connectivity index (χ2v) is 5.45. The van der Waals surface area contributed by atoms with Crippen molar-refractivity contribution in [2.24, 2.45) is 0 Å². The van der Waals surface area contributed by atoms with Crippen molar-refractivity contribution in [3.05, 3.63) is 52.7 Å². The molecule has 0 saturated heterocycles. The number of hydrogen-bond acceptors (Lipinski definition) is 4. The van der Waals surface area contributed by atoms with Gasteiger partial charge in [0.05, 0.1) is 6.42 Å². The van der Waals surface area contributed by atoms with Crippen molar-refractivity contribution in [3.63, 3.8) is 0 Å². The zero-order chi connectivity index (χ0) is 15.1. The molecule has 0 aliphatic carbocycles. The number of nitrogens with one attached hydrogen (secondary N) is 3. The average molecular weight is 294 g/mol. The summed E-state index contributed by atoms with van der Waals surface area (Å²) < 4.78 is 0. The molecule has 4 rings (SSSR count). The average Bonchev–Trinajstić information content (AvgIpc) is 3.10. The quantitative estimate of drug-likeness (QED) is 0.782. The van der Waals surface area contributed by atoms with Gasteiger partial charge < -0.3 is 16.0 Å². The maximum atomic E-state index is 12.5. The van der Waals surface area contributed by atoms with Gasteiger partial charge in [0.25, 0.3) is 5.91 Å². The van der Waals surface area contributed by atoms with Crippen molar-refractivity contribution in [2.45, 2.75) is 19.5 Å². The van der Waals surface area contributed by atoms with E-state index >= 15 is 0 Å². The van der Waals surface area contributed by atoms with Gasteiger partial charge in [0.2, 0.25) is 5.91 Å². The van der Waals surface area contributed by atoms with E-state index in [2.05, 4.69) is 20.9 Å². The Hall–Kier alpha value is -2.73. The summed E-state index contributed by atoms with van der Waals surface area (Å²) in [5.74, 6) is 0.128. The maximum Gasteiger partial charge on any atom is 0.256 e. The Morgan fingerprint density at radius 2 is 2.05 bits per heavy atom. The van der Waals surface area contributed by atoms with E-state index in [1.165, 1.54) is 17.3 Å². The fraction of sp³-hybridized carbons (Fsp3) is 0.188. The number of carbonyl (C=O) groups excluding carboxylic acids is 2. The summed E-state index contributed by atoms with van der Waals surface area (Å²) >= 11 is 0. The number of aromatic nitrogens is 1. The van der Waals surface area contributed by atoms with Gasteiger partial charge in [0, 0.05) is 36.1 Å². The summed E-state index contributed by atoms with van der Waals surface area (Å²) in [4.78, 5) is 28.0. The molecule has 0 spiro atoms. The van der Waals surface area contributed by atoms with Gasteiger partial charge in [0.1, 0.15) is 5.82 Å². The van der Waals surface area contributed by atoms with Crippen LogP contribution in [0.2, 0.25) is 0 Å². The molecule has 2 aliphatic rings. The van der Waals surface area contributed by atoms with E-state index < -0.39 is 0 Å². The number of fused-ring (bicyclic) bond motifs is 2. The molecule has 0 radical (unpaired) electrons. The lowest BCUT2D eigenvalue weighted by atomic mass is 10.1. The maximum absolute atomic E-state index is 12.5. The molecule has 0 fully saturated rings. The predicted molar refractivity (Wildman–Crippen MR) is 81.5 cm³/mol. The van der Waals surface area contributed by atoms with E-state index in [4.69, 9.17) is 0 Å². The smallest absolute Gasteiger partial charge is 0.256 e. The zero-order valence-corrected chi connectivity index (χ0v) is 11.8. The first-order chi connectivity index (χ1) is 10.7. The molecule has 110 valence electrons. The summed E-state index contributed by atoms with van der Waals surface area (Å²) in [6.45, 7) is 1.69. The van der Waals surface area contributed by atoms with Gasteiger partial charge in [-0.2, -0.15) is 0 Å². The van der Waals surface area contributed by atoms with E-state index in [1.807, 2.05) is 18.2 Å². The monoisotopic (exact) mass is 294 g/mol. The van der Waals surface area contributed by atoms with E-state index in [-0.39, 0.29) is 18.2 Å². The standard InChI is InChI=1S/C16H14N4O2/c21-14-6-13-12(3-4-18-15(13)20-14)16(22)19-11-2-1-9-7-17-8-10(9)5-11/h1-5,17H,6-8H2,(H,19,22)(H,18,20,21). The highest BCUT2D eigenvalue weighted by Gasteiger charge is 2.25. The SMILES string of the molecule is O=C1Cc2c(C(=O)Nc3ccc4c(c3)CNC4)ccnc2N1. The Labute approximate surface area is 126 Å². The molecule has 1 aromatic carbocycles. The molecule has 0 atom stereocenters. The number of nitrogens with zero attached hydrogens (tertiary/aromatic N) is 1. The summed E-state index contributed by atoms with van der Waals surface area (Å²) in [5, 5.41) is 8.82. The second kappa shape index (κ2) is 4.92. The third-order valence-corrected chi connectivity index (χ3v) is 3.99. The number of benzene rings is 1. The van der Waals surface area contributed by atoms with Crippen molar-refractivity contribution in [1.29, 1.82) is 0 Å². The van der Waals surface area contributed by atoms with Crippen LogP contribution in [-0.2, 0) is 24.3 Å². The largest absolute Gasteiger partial charge is 0.322 e. The predicted octanol–water partition coefficient (Wildman–Crippen LogP) is 1.43. The van der Waals surface area contributed by atoms with Crippen LogP contribution in [0.4, 0.5) is 11.5 Å². The molecule has 0 saturated carbocycles. The Kier molecular flexibility index (Phi) is 2.90. The fourth-order valence-corrected chi connectivity index (χ4v) is 2.90. The van der Waals surface area contributed by atoms with Gasteiger partial charge in [-0.15, -0.1) is 0 Å². The number of carbonyl (C=O) groups is 2. The van der Waals surface area contributed by atoms with E-state index in [0.29, 0.717) is 16.9 Å². The van der Waals surface area contributed by atoms with Gasteiger partial charge in [-0.05, 0) is 29.3 Å². The van der Waals surface area contributed by atoms with E-state index in [9.17, 15) is 9.59 Å². The van der Waals surface area contributed by atoms with E-state index in [0.717, 1.165) is 18.8 Å². The zero-order valence-electron chi connectivity index (χ0n) is 11.8. The number of amides is 2. The van der Waals surface area contributed by atoms with Crippen LogP contribution in [0.3, 0.4) is 0 Å². The molecule has 6 nitrogen and oxygen atoms in total. The number of hydrogen-bond donors (Lipinski definition) is 3. The van der Waals surface area contributed by atoms with Crippen LogP contribution < -0.4 is 16.0 Å². The molecule has 1 aromatic heterocycles. The molecular weight excluding hydrogens is 280 g/mol. The number of rotatable bonds is 2. The molecule has 0 unspecified atom stereocenters. The Bertz CT molecular complexity index is 801. The normalized spacial score (nSPS) is 15.2. The molecule has 22 heavy (non-hydrogen) atoms. The van der Waals surface area contributed by atoms with Crippen LogP contribution in [0, 0.1) is 0 Å². The second-order valence-electron chi connectivity index (χ2n) is 5.45. The summed E-state index contributed by atoms with van der Waals surface area (Å²) in [7, 11) is 0. The first-order valence-corrected chi connectivity index (χ1v) is 7.12. The third-order valence-electron chi connectivity index (χ3n) is 3.99. The van der Waals surface area contributed by atoms with Gasteiger partial charge in [0.15, 0.2) is 0 Å². The molecule has 2 amide bonds. The summed E-state index contributed by atoms with van der Waals surface area (Å²) in [6.07, 6.45) is 1.73. The highest BCUT2D eigenvalue weighted by Crippen LogP contribution is 2.25. The van der Waals surface area contributed by atoms with Crippen molar-refractivity contribution >= 4 is 23.3 Å². The van der Waals surface area contributed by atoms with Crippen LogP contribution in [-0.4, -0.2) is 16.8 Å². The van der Waals surface area contributed by atoms with Crippen LogP contribution in [0.25, 0.3) is 0 Å². The lowest BCUT2D eigenvalue weighted by Gasteiger charge is -2.09. The Balaban J connectivity index is 1.61. The van der Waals surface area contributed by atoms with Crippen molar-refractivity contribution in [3.8, 4) is 0 Å². The molecule has 2 aromatic rings. The minimum absolute atomic E-state index is 0.133. The fourth-order valence-electron chi connectivity index (χ4n) is 2.90. The first-order valence-electron chi connectivity index (χ1n) is 7.12. The Morgan fingerprint density at radius 1 is 1.18 bits per heavy atom. The van der Waals surface area contributed by atoms with Crippen molar-refractivity contribution in [2.75, 3.05) is 10.6 Å². The number of pyridine rings is 1. The summed E-state index contributed by atoms with van der Waals surface area (Å²) in [6, 6.07) is 7.54. The molecule has 6 heteroatoms. The van der Waals surface area contributed by atoms with Gasteiger partial charge in [-0.1, -0.05) is 6.07 Å². The van der Waals surface area contributed by atoms with Crippen LogP contribution in [0.5, 0.6) is 0 Å². The third kappa shape index (κ3) is 2.14. The van der Waals surface area contributed by atoms with Crippen LogP contribution in [0.1, 0.15) is 27.0 Å². The Morgan fingerprint density at radius 3 is 2.95 bits per heavy atom. The lowest BCUT2D eigenvalue weighted by Crippen LogP contribution is -2.14. The highest BCUT2D eigenvalue weighted by molar-refractivity contribution is 6.09. The van der Waals surface area contributed by atoms with Crippen molar-refractivity contribution < 1.29 is 9.59 Å². The molecular formula is C16H14N4O2.